The molecule has 2 rings (SSSR count). The quantitative estimate of drug-likeness (QED) is 0.851. The number of carbonyl (C=O) groups excluding carboxylic acids is 1. The van der Waals surface area contributed by atoms with Crippen molar-refractivity contribution in [1.29, 1.82) is 0 Å². The van der Waals surface area contributed by atoms with Crippen LogP contribution in [0.3, 0.4) is 0 Å². The summed E-state index contributed by atoms with van der Waals surface area (Å²) >= 11 is 3.82. The van der Waals surface area contributed by atoms with Crippen LogP contribution in [0.25, 0.3) is 0 Å². The van der Waals surface area contributed by atoms with Crippen molar-refractivity contribution in [2.75, 3.05) is 7.11 Å². The number of nitrogens with one attached hydrogen (secondary N) is 1. The molecule has 0 bridgehead atoms. The van der Waals surface area contributed by atoms with Gasteiger partial charge < -0.3 is 10.1 Å². The Morgan fingerprint density at radius 1 is 1.62 bits per heavy atom. The van der Waals surface area contributed by atoms with E-state index in [0.717, 1.165) is 27.7 Å². The van der Waals surface area contributed by atoms with Crippen LogP contribution in [-0.4, -0.2) is 25.2 Å². The van der Waals surface area contributed by atoms with Gasteiger partial charge in [0.2, 0.25) is 0 Å². The molecule has 1 aromatic heterocycles. The lowest BCUT2D eigenvalue weighted by Gasteiger charge is -2.19. The number of thiophene rings is 1. The molecule has 88 valence electrons. The van der Waals surface area contributed by atoms with Crippen molar-refractivity contribution in [3.8, 4) is 0 Å². The second-order valence-corrected chi connectivity index (χ2v) is 6.73. The molecule has 1 N–H and O–H groups in total. The van der Waals surface area contributed by atoms with Gasteiger partial charge in [-0.25, -0.2) is 0 Å². The van der Waals surface area contributed by atoms with E-state index in [-0.39, 0.29) is 18.1 Å². The van der Waals surface area contributed by atoms with Crippen LogP contribution in [-0.2, 0) is 4.74 Å². The van der Waals surface area contributed by atoms with Gasteiger partial charge >= 0.3 is 0 Å². The molecule has 1 aliphatic carbocycles. The van der Waals surface area contributed by atoms with E-state index in [2.05, 4.69) is 27.9 Å². The molecule has 0 spiro atoms. The van der Waals surface area contributed by atoms with Crippen molar-refractivity contribution in [1.82, 2.24) is 5.32 Å². The van der Waals surface area contributed by atoms with Crippen LogP contribution in [0.1, 0.15) is 29.6 Å². The minimum Gasteiger partial charge on any atom is -0.379 e. The molecule has 2 unspecified atom stereocenters. The van der Waals surface area contributed by atoms with E-state index in [1.165, 1.54) is 0 Å². The monoisotopic (exact) mass is 351 g/mol. The fraction of sp³-hybridized carbons (Fsp3) is 0.545. The zero-order valence-corrected chi connectivity index (χ0v) is 12.0. The molecule has 0 saturated heterocycles. The molecule has 16 heavy (non-hydrogen) atoms. The Labute approximate surface area is 113 Å². The third kappa shape index (κ3) is 2.75. The summed E-state index contributed by atoms with van der Waals surface area (Å²) in [7, 11) is 1.71. The van der Waals surface area contributed by atoms with Gasteiger partial charge in [0.25, 0.3) is 5.91 Å². The number of amides is 1. The molecule has 1 heterocycles. The van der Waals surface area contributed by atoms with Crippen molar-refractivity contribution in [3.63, 3.8) is 0 Å². The van der Waals surface area contributed by atoms with E-state index in [4.69, 9.17) is 4.74 Å². The van der Waals surface area contributed by atoms with E-state index in [1.807, 2.05) is 11.4 Å². The molecular weight excluding hydrogens is 337 g/mol. The smallest absolute Gasteiger partial charge is 0.252 e. The number of hydrogen-bond acceptors (Lipinski definition) is 3. The Kier molecular flexibility index (Phi) is 4.21. The van der Waals surface area contributed by atoms with Gasteiger partial charge in [0.1, 0.15) is 0 Å². The molecule has 0 aromatic carbocycles. The molecule has 0 radical (unpaired) electrons. The summed E-state index contributed by atoms with van der Waals surface area (Å²) in [6.07, 6.45) is 3.38. The van der Waals surface area contributed by atoms with Crippen molar-refractivity contribution in [3.05, 3.63) is 19.9 Å². The Morgan fingerprint density at radius 2 is 2.44 bits per heavy atom. The molecule has 1 saturated carbocycles. The molecule has 5 heteroatoms. The Balaban J connectivity index is 1.97. The third-order valence-electron chi connectivity index (χ3n) is 2.90. The number of hydrogen-bond donors (Lipinski definition) is 1. The van der Waals surface area contributed by atoms with Crippen LogP contribution in [0.15, 0.2) is 11.4 Å². The molecule has 1 aromatic rings. The van der Waals surface area contributed by atoms with Gasteiger partial charge in [-0.1, -0.05) is 0 Å². The fourth-order valence-corrected chi connectivity index (χ4v) is 3.38. The van der Waals surface area contributed by atoms with Crippen molar-refractivity contribution in [2.45, 2.75) is 31.4 Å². The standard InChI is InChI=1S/C11H14INO2S/c1-15-9-4-2-3-8(9)13-11(14)7-5-10(12)16-6-7/h5-6,8-9H,2-4H2,1H3,(H,13,14). The topological polar surface area (TPSA) is 38.3 Å². The van der Waals surface area contributed by atoms with Gasteiger partial charge in [-0.3, -0.25) is 4.79 Å². The first kappa shape index (κ1) is 12.3. The second-order valence-electron chi connectivity index (χ2n) is 3.92. The summed E-state index contributed by atoms with van der Waals surface area (Å²) in [5.74, 6) is 0.0214. The lowest BCUT2D eigenvalue weighted by atomic mass is 10.2. The van der Waals surface area contributed by atoms with E-state index < -0.39 is 0 Å². The van der Waals surface area contributed by atoms with Gasteiger partial charge in [-0.2, -0.15) is 0 Å². The normalized spacial score (nSPS) is 24.6. The first-order valence-electron chi connectivity index (χ1n) is 5.28. The zero-order chi connectivity index (χ0) is 11.5. The largest absolute Gasteiger partial charge is 0.379 e. The molecule has 1 amide bonds. The maximum atomic E-state index is 11.9. The van der Waals surface area contributed by atoms with Crippen LogP contribution in [0, 0.1) is 2.88 Å². The van der Waals surface area contributed by atoms with Gasteiger partial charge in [0.15, 0.2) is 0 Å². The average molecular weight is 351 g/mol. The summed E-state index contributed by atoms with van der Waals surface area (Å²) in [4.78, 5) is 11.9. The van der Waals surface area contributed by atoms with Crippen molar-refractivity contribution >= 4 is 39.8 Å². The van der Waals surface area contributed by atoms with E-state index in [0.29, 0.717) is 0 Å². The number of carbonyl (C=O) groups is 1. The van der Waals surface area contributed by atoms with Crippen LogP contribution in [0.4, 0.5) is 0 Å². The molecular formula is C11H14INO2S. The fourth-order valence-electron chi connectivity index (χ4n) is 2.05. The predicted octanol–water partition coefficient (Wildman–Crippen LogP) is 2.65. The first-order valence-corrected chi connectivity index (χ1v) is 7.24. The minimum absolute atomic E-state index is 0.0214. The molecule has 0 aliphatic heterocycles. The van der Waals surface area contributed by atoms with Gasteiger partial charge in [0, 0.05) is 12.5 Å². The highest BCUT2D eigenvalue weighted by Crippen LogP contribution is 2.22. The maximum Gasteiger partial charge on any atom is 0.252 e. The SMILES string of the molecule is COC1CCCC1NC(=O)c1csc(I)c1. The Bertz CT molecular complexity index is 380. The minimum atomic E-state index is 0.0214. The lowest BCUT2D eigenvalue weighted by molar-refractivity contribution is 0.0722. The highest BCUT2D eigenvalue weighted by atomic mass is 127. The molecule has 1 aliphatic rings. The van der Waals surface area contributed by atoms with E-state index >= 15 is 0 Å². The third-order valence-corrected chi connectivity index (χ3v) is 4.69. The van der Waals surface area contributed by atoms with Crippen LogP contribution in [0.5, 0.6) is 0 Å². The number of methoxy groups -OCH3 is 1. The second kappa shape index (κ2) is 5.46. The van der Waals surface area contributed by atoms with Crippen LogP contribution >= 0.6 is 33.9 Å². The van der Waals surface area contributed by atoms with Crippen molar-refractivity contribution < 1.29 is 9.53 Å². The highest BCUT2D eigenvalue weighted by Gasteiger charge is 2.28. The number of rotatable bonds is 3. The van der Waals surface area contributed by atoms with Crippen molar-refractivity contribution in [2.24, 2.45) is 0 Å². The van der Waals surface area contributed by atoms with Gasteiger partial charge in [-0.15, -0.1) is 11.3 Å². The van der Waals surface area contributed by atoms with Crippen LogP contribution in [0.2, 0.25) is 0 Å². The summed E-state index contributed by atoms with van der Waals surface area (Å²) < 4.78 is 6.49. The average Bonchev–Trinajstić information content (AvgIpc) is 2.86. The molecule has 3 nitrogen and oxygen atoms in total. The summed E-state index contributed by atoms with van der Waals surface area (Å²) in [6.45, 7) is 0. The molecule has 2 atom stereocenters. The van der Waals surface area contributed by atoms with E-state index in [1.54, 1.807) is 18.4 Å². The Hall–Kier alpha value is -0.140. The summed E-state index contributed by atoms with van der Waals surface area (Å²) in [5.41, 5.74) is 0.760. The van der Waals surface area contributed by atoms with Gasteiger partial charge in [0.05, 0.1) is 20.6 Å². The summed E-state index contributed by atoms with van der Waals surface area (Å²) in [5, 5.41) is 4.95. The lowest BCUT2D eigenvalue weighted by Crippen LogP contribution is -2.40. The predicted molar refractivity (Wildman–Crippen MR) is 72.9 cm³/mol. The van der Waals surface area contributed by atoms with Gasteiger partial charge in [-0.05, 0) is 47.9 Å². The number of ether oxygens (including phenoxy) is 1. The summed E-state index contributed by atoms with van der Waals surface area (Å²) in [6, 6.07) is 2.09. The Morgan fingerprint density at radius 3 is 3.06 bits per heavy atom. The zero-order valence-electron chi connectivity index (χ0n) is 9.03. The number of halogens is 1. The first-order chi connectivity index (χ1) is 7.70. The maximum absolute atomic E-state index is 11.9. The van der Waals surface area contributed by atoms with Crippen LogP contribution < -0.4 is 5.32 Å². The highest BCUT2D eigenvalue weighted by molar-refractivity contribution is 14.1. The molecule has 1 fully saturated rings. The van der Waals surface area contributed by atoms with E-state index in [9.17, 15) is 4.79 Å².